The largest absolute Gasteiger partial charge is 0.453 e. The SMILES string of the molecule is c1ccc(N2c3ccccc3Oc3cccc(-c4ccc5oc6ccc(-c7ccc8c9ccccc9n(-c9ccccc9)c8c7)nc6c5n4)c32)cc1. The van der Waals surface area contributed by atoms with E-state index in [-0.39, 0.29) is 0 Å². The van der Waals surface area contributed by atoms with Crippen molar-refractivity contribution in [3.05, 3.63) is 170 Å². The fraction of sp³-hybridized carbons (Fsp3) is 0. The molecule has 1 aliphatic rings. The Morgan fingerprint density at radius 1 is 0.462 bits per heavy atom. The van der Waals surface area contributed by atoms with Gasteiger partial charge in [-0.3, -0.25) is 0 Å². The summed E-state index contributed by atoms with van der Waals surface area (Å²) in [5.74, 6) is 1.57. The molecule has 0 radical (unpaired) electrons. The lowest BCUT2D eigenvalue weighted by Crippen LogP contribution is -2.16. The Hall–Kier alpha value is -7.18. The quantitative estimate of drug-likeness (QED) is 0.187. The number of furan rings is 1. The Balaban J connectivity index is 1.07. The van der Waals surface area contributed by atoms with Crippen LogP contribution in [0.15, 0.2) is 174 Å². The third-order valence-electron chi connectivity index (χ3n) is 9.98. The van der Waals surface area contributed by atoms with Crippen LogP contribution in [0.2, 0.25) is 0 Å². The van der Waals surface area contributed by atoms with Gasteiger partial charge < -0.3 is 18.6 Å². The van der Waals surface area contributed by atoms with Crippen molar-refractivity contribution in [3.63, 3.8) is 0 Å². The summed E-state index contributed by atoms with van der Waals surface area (Å²) in [5, 5.41) is 2.42. The number of hydrogen-bond donors (Lipinski definition) is 0. The van der Waals surface area contributed by atoms with Crippen molar-refractivity contribution >= 4 is 61.1 Å². The minimum absolute atomic E-state index is 0.689. The van der Waals surface area contributed by atoms with Gasteiger partial charge in [0, 0.05) is 33.3 Å². The van der Waals surface area contributed by atoms with Gasteiger partial charge in [-0.1, -0.05) is 91.0 Å². The highest BCUT2D eigenvalue weighted by Gasteiger charge is 2.29. The molecule has 52 heavy (non-hydrogen) atoms. The van der Waals surface area contributed by atoms with E-state index in [9.17, 15) is 0 Å². The molecule has 0 saturated heterocycles. The zero-order valence-electron chi connectivity index (χ0n) is 27.8. The van der Waals surface area contributed by atoms with E-state index in [2.05, 4.69) is 119 Å². The second-order valence-corrected chi connectivity index (χ2v) is 13.0. The van der Waals surface area contributed by atoms with Gasteiger partial charge in [0.15, 0.2) is 22.7 Å². The van der Waals surface area contributed by atoms with Crippen LogP contribution in [0.25, 0.3) is 72.2 Å². The van der Waals surface area contributed by atoms with E-state index < -0.39 is 0 Å². The van der Waals surface area contributed by atoms with E-state index in [4.69, 9.17) is 19.1 Å². The predicted molar refractivity (Wildman–Crippen MR) is 209 cm³/mol. The average molecular weight is 669 g/mol. The summed E-state index contributed by atoms with van der Waals surface area (Å²) in [6.45, 7) is 0. The summed E-state index contributed by atoms with van der Waals surface area (Å²) in [5.41, 5.74) is 12.8. The maximum absolute atomic E-state index is 6.48. The van der Waals surface area contributed by atoms with Gasteiger partial charge in [-0.05, 0) is 78.9 Å². The Labute approximate surface area is 298 Å². The van der Waals surface area contributed by atoms with Gasteiger partial charge in [-0.25, -0.2) is 9.97 Å². The third-order valence-corrected chi connectivity index (χ3v) is 9.98. The van der Waals surface area contributed by atoms with Crippen LogP contribution >= 0.6 is 0 Å². The summed E-state index contributed by atoms with van der Waals surface area (Å²) in [6, 6.07) is 58.4. The Morgan fingerprint density at radius 3 is 1.94 bits per heavy atom. The van der Waals surface area contributed by atoms with Gasteiger partial charge in [0.25, 0.3) is 0 Å². The molecule has 0 amide bonds. The Bertz CT molecular complexity index is 3000. The fourth-order valence-corrected chi connectivity index (χ4v) is 7.67. The molecule has 0 unspecified atom stereocenters. The summed E-state index contributed by atoms with van der Waals surface area (Å²) < 4.78 is 15.1. The first-order chi connectivity index (χ1) is 25.8. The predicted octanol–water partition coefficient (Wildman–Crippen LogP) is 12.4. The fourth-order valence-electron chi connectivity index (χ4n) is 7.67. The molecule has 5 heterocycles. The number of nitrogens with zero attached hydrogens (tertiary/aromatic N) is 4. The molecular weight excluding hydrogens is 641 g/mol. The highest BCUT2D eigenvalue weighted by molar-refractivity contribution is 6.10. The van der Waals surface area contributed by atoms with Crippen LogP contribution in [0.4, 0.5) is 17.1 Å². The molecule has 4 aromatic heterocycles. The lowest BCUT2D eigenvalue weighted by atomic mass is 10.0. The molecule has 0 N–H and O–H groups in total. The molecule has 1 aliphatic heterocycles. The highest BCUT2D eigenvalue weighted by Crippen LogP contribution is 2.53. The van der Waals surface area contributed by atoms with Crippen molar-refractivity contribution in [2.24, 2.45) is 0 Å². The van der Waals surface area contributed by atoms with E-state index in [1.54, 1.807) is 0 Å². The second-order valence-electron chi connectivity index (χ2n) is 13.0. The molecule has 6 heteroatoms. The molecule has 0 fully saturated rings. The molecule has 0 aliphatic carbocycles. The number of ether oxygens (including phenoxy) is 1. The molecule has 10 aromatic rings. The average Bonchev–Trinajstić information content (AvgIpc) is 3.75. The Morgan fingerprint density at radius 2 is 1.12 bits per heavy atom. The van der Waals surface area contributed by atoms with Crippen LogP contribution in [0.3, 0.4) is 0 Å². The molecule has 0 saturated carbocycles. The van der Waals surface area contributed by atoms with Crippen LogP contribution in [0.1, 0.15) is 0 Å². The molecular formula is C46H28N4O2. The molecule has 0 spiro atoms. The number of anilines is 3. The number of rotatable bonds is 4. The standard InChI is InChI=1S/C46H28N4O2/c1-3-12-30(13-4-1)49-37-18-8-7-16-32(37)33-23-22-29(28-39(33)49)35-24-26-41-44(47-35)45-42(52-41)27-25-36(48-45)34-17-11-21-43-46(34)50(31-14-5-2-6-15-31)38-19-9-10-20-40(38)51-43/h1-28H. The smallest absolute Gasteiger partial charge is 0.155 e. The number of pyridine rings is 2. The highest BCUT2D eigenvalue weighted by atomic mass is 16.5. The van der Waals surface area contributed by atoms with Gasteiger partial charge >= 0.3 is 0 Å². The molecule has 11 rings (SSSR count). The maximum Gasteiger partial charge on any atom is 0.155 e. The van der Waals surface area contributed by atoms with Crippen molar-refractivity contribution in [2.75, 3.05) is 4.90 Å². The van der Waals surface area contributed by atoms with Crippen LogP contribution in [-0.4, -0.2) is 14.5 Å². The molecule has 6 nitrogen and oxygen atoms in total. The van der Waals surface area contributed by atoms with E-state index in [0.29, 0.717) is 11.2 Å². The normalized spacial score (nSPS) is 12.3. The van der Waals surface area contributed by atoms with Crippen molar-refractivity contribution in [1.82, 2.24) is 14.5 Å². The van der Waals surface area contributed by atoms with Crippen LogP contribution < -0.4 is 9.64 Å². The summed E-state index contributed by atoms with van der Waals surface area (Å²) >= 11 is 0. The second kappa shape index (κ2) is 11.2. The summed E-state index contributed by atoms with van der Waals surface area (Å²) in [6.07, 6.45) is 0. The van der Waals surface area contributed by atoms with Crippen molar-refractivity contribution in [1.29, 1.82) is 0 Å². The van der Waals surface area contributed by atoms with Gasteiger partial charge in [-0.15, -0.1) is 0 Å². The number of benzene rings is 6. The number of aromatic nitrogens is 3. The zero-order valence-corrected chi connectivity index (χ0v) is 27.8. The number of hydrogen-bond acceptors (Lipinski definition) is 5. The Kier molecular flexibility index (Phi) is 6.15. The lowest BCUT2D eigenvalue weighted by Gasteiger charge is -2.34. The van der Waals surface area contributed by atoms with Crippen LogP contribution in [0.5, 0.6) is 11.5 Å². The zero-order chi connectivity index (χ0) is 34.2. The minimum Gasteiger partial charge on any atom is -0.453 e. The number of fused-ring (bicyclic) bond motifs is 8. The van der Waals surface area contributed by atoms with Gasteiger partial charge in [-0.2, -0.15) is 0 Å². The van der Waals surface area contributed by atoms with Crippen LogP contribution in [-0.2, 0) is 0 Å². The first-order valence-electron chi connectivity index (χ1n) is 17.3. The first kappa shape index (κ1) is 28.6. The summed E-state index contributed by atoms with van der Waals surface area (Å²) in [7, 11) is 0. The topological polar surface area (TPSA) is 56.3 Å². The summed E-state index contributed by atoms with van der Waals surface area (Å²) in [4.78, 5) is 12.7. The molecule has 0 atom stereocenters. The van der Waals surface area contributed by atoms with E-state index in [0.717, 1.165) is 73.3 Å². The monoisotopic (exact) mass is 668 g/mol. The van der Waals surface area contributed by atoms with Gasteiger partial charge in [0.1, 0.15) is 11.0 Å². The van der Waals surface area contributed by atoms with E-state index in [1.807, 2.05) is 60.7 Å². The molecule has 244 valence electrons. The third kappa shape index (κ3) is 4.31. The van der Waals surface area contributed by atoms with Crippen LogP contribution in [0, 0.1) is 0 Å². The lowest BCUT2D eigenvalue weighted by molar-refractivity contribution is 0.477. The minimum atomic E-state index is 0.689. The number of para-hydroxylation sites is 6. The van der Waals surface area contributed by atoms with E-state index in [1.165, 1.54) is 16.3 Å². The first-order valence-corrected chi connectivity index (χ1v) is 17.3. The molecule has 6 aromatic carbocycles. The maximum atomic E-state index is 6.48. The van der Waals surface area contributed by atoms with E-state index >= 15 is 0 Å². The van der Waals surface area contributed by atoms with Crippen molar-refractivity contribution in [2.45, 2.75) is 0 Å². The van der Waals surface area contributed by atoms with Gasteiger partial charge in [0.2, 0.25) is 0 Å². The molecule has 0 bridgehead atoms. The van der Waals surface area contributed by atoms with Gasteiger partial charge in [0.05, 0.1) is 33.8 Å². The van der Waals surface area contributed by atoms with Crippen molar-refractivity contribution in [3.8, 4) is 39.7 Å². The van der Waals surface area contributed by atoms with Crippen molar-refractivity contribution < 1.29 is 9.15 Å².